The molecule has 0 saturated heterocycles. The van der Waals surface area contributed by atoms with Gasteiger partial charge in [0, 0.05) is 12.6 Å². The van der Waals surface area contributed by atoms with Crippen LogP contribution in [0.1, 0.15) is 34.1 Å². The van der Waals surface area contributed by atoms with Gasteiger partial charge in [-0.15, -0.1) is 12.4 Å². The summed E-state index contributed by atoms with van der Waals surface area (Å²) in [4.78, 5) is 0.257. The first-order chi connectivity index (χ1) is 10.3. The fourth-order valence-corrected chi connectivity index (χ4v) is 3.00. The van der Waals surface area contributed by atoms with Gasteiger partial charge in [-0.1, -0.05) is 20.8 Å². The Hall–Kier alpha value is -0.820. The third-order valence-electron chi connectivity index (χ3n) is 3.23. The first-order valence-electron chi connectivity index (χ1n) is 7.81. The number of likely N-dealkylation sites (N-methyl/N-ethyl adjacent to an activating group) is 1. The van der Waals surface area contributed by atoms with E-state index in [1.807, 2.05) is 13.8 Å². The Labute approximate surface area is 146 Å². The maximum atomic E-state index is 12.2. The Bertz CT molecular complexity index is 533. The second-order valence-corrected chi connectivity index (χ2v) is 7.58. The monoisotopic (exact) mass is 364 g/mol. The second kappa shape index (κ2) is 10.9. The van der Waals surface area contributed by atoms with Crippen molar-refractivity contribution >= 4 is 22.4 Å². The number of halogens is 1. The zero-order valence-electron chi connectivity index (χ0n) is 14.3. The van der Waals surface area contributed by atoms with Crippen LogP contribution >= 0.6 is 12.4 Å². The molecule has 0 amide bonds. The number of sulfonamides is 1. The smallest absolute Gasteiger partial charge is 0.240 e. The van der Waals surface area contributed by atoms with Gasteiger partial charge in [-0.05, 0) is 50.1 Å². The Kier molecular flexibility index (Phi) is 10.5. The molecular formula is C16H29ClN2O3S. The zero-order chi connectivity index (χ0) is 16.6. The quantitative estimate of drug-likeness (QED) is 0.670. The van der Waals surface area contributed by atoms with Gasteiger partial charge in [-0.2, -0.15) is 0 Å². The Morgan fingerprint density at radius 1 is 1.13 bits per heavy atom. The van der Waals surface area contributed by atoms with Gasteiger partial charge in [0.05, 0.1) is 11.5 Å². The predicted molar refractivity (Wildman–Crippen MR) is 97.0 cm³/mol. The summed E-state index contributed by atoms with van der Waals surface area (Å²) < 4.78 is 32.5. The molecule has 1 aromatic rings. The van der Waals surface area contributed by atoms with E-state index in [0.29, 0.717) is 24.8 Å². The van der Waals surface area contributed by atoms with Crippen LogP contribution in [0.15, 0.2) is 29.2 Å². The normalized spacial score (nSPS) is 12.7. The summed E-state index contributed by atoms with van der Waals surface area (Å²) in [6.07, 6.45) is 0.976. The van der Waals surface area contributed by atoms with E-state index >= 15 is 0 Å². The number of benzene rings is 1. The van der Waals surface area contributed by atoms with Crippen LogP contribution < -0.4 is 14.8 Å². The highest BCUT2D eigenvalue weighted by molar-refractivity contribution is 7.89. The lowest BCUT2D eigenvalue weighted by atomic mass is 10.1. The van der Waals surface area contributed by atoms with Crippen LogP contribution in [0.25, 0.3) is 0 Å². The van der Waals surface area contributed by atoms with Crippen molar-refractivity contribution in [2.75, 3.05) is 19.7 Å². The molecule has 0 aliphatic carbocycles. The van der Waals surface area contributed by atoms with E-state index in [1.54, 1.807) is 24.3 Å². The minimum atomic E-state index is -3.47. The fourth-order valence-electron chi connectivity index (χ4n) is 1.87. The number of hydrogen-bond acceptors (Lipinski definition) is 4. The molecule has 1 aromatic carbocycles. The molecule has 23 heavy (non-hydrogen) atoms. The highest BCUT2D eigenvalue weighted by Crippen LogP contribution is 2.16. The van der Waals surface area contributed by atoms with Crippen LogP contribution in [0.3, 0.4) is 0 Å². The zero-order valence-corrected chi connectivity index (χ0v) is 16.0. The summed E-state index contributed by atoms with van der Waals surface area (Å²) in [5.41, 5.74) is 0. The maximum Gasteiger partial charge on any atom is 0.240 e. The van der Waals surface area contributed by atoms with E-state index in [4.69, 9.17) is 4.74 Å². The Morgan fingerprint density at radius 2 is 1.74 bits per heavy atom. The van der Waals surface area contributed by atoms with Gasteiger partial charge in [0.1, 0.15) is 5.75 Å². The van der Waals surface area contributed by atoms with Crippen molar-refractivity contribution in [1.29, 1.82) is 0 Å². The van der Waals surface area contributed by atoms with Gasteiger partial charge in [0.2, 0.25) is 10.0 Å². The summed E-state index contributed by atoms with van der Waals surface area (Å²) >= 11 is 0. The Morgan fingerprint density at radius 3 is 2.26 bits per heavy atom. The average molecular weight is 365 g/mol. The number of ether oxygens (including phenoxy) is 1. The molecule has 0 unspecified atom stereocenters. The fraction of sp³-hybridized carbons (Fsp3) is 0.625. The minimum Gasteiger partial charge on any atom is -0.494 e. The van der Waals surface area contributed by atoms with Crippen molar-refractivity contribution in [2.24, 2.45) is 5.92 Å². The summed E-state index contributed by atoms with van der Waals surface area (Å²) in [6.45, 7) is 10.0. The molecule has 7 heteroatoms. The van der Waals surface area contributed by atoms with Gasteiger partial charge in [-0.25, -0.2) is 13.1 Å². The van der Waals surface area contributed by atoms with E-state index in [2.05, 4.69) is 23.9 Å². The molecule has 134 valence electrons. The molecule has 0 aliphatic heterocycles. The third kappa shape index (κ3) is 8.55. The molecule has 0 fully saturated rings. The number of rotatable bonds is 10. The van der Waals surface area contributed by atoms with Crippen molar-refractivity contribution < 1.29 is 13.2 Å². The summed E-state index contributed by atoms with van der Waals surface area (Å²) in [5, 5.41) is 3.16. The highest BCUT2D eigenvalue weighted by atomic mass is 35.5. The largest absolute Gasteiger partial charge is 0.494 e. The summed E-state index contributed by atoms with van der Waals surface area (Å²) in [5.74, 6) is 1.28. The van der Waals surface area contributed by atoms with Gasteiger partial charge in [-0.3, -0.25) is 0 Å². The van der Waals surface area contributed by atoms with Crippen molar-refractivity contribution in [3.63, 3.8) is 0 Å². The lowest BCUT2D eigenvalue weighted by Gasteiger charge is -2.14. The van der Waals surface area contributed by atoms with Crippen LogP contribution in [0.2, 0.25) is 0 Å². The average Bonchev–Trinajstić information content (AvgIpc) is 2.46. The van der Waals surface area contributed by atoms with Crippen LogP contribution in [0.4, 0.5) is 0 Å². The topological polar surface area (TPSA) is 67.4 Å². The van der Waals surface area contributed by atoms with Gasteiger partial charge in [0.15, 0.2) is 0 Å². The second-order valence-electron chi connectivity index (χ2n) is 5.81. The molecule has 1 rings (SSSR count). The lowest BCUT2D eigenvalue weighted by molar-refractivity contribution is 0.289. The van der Waals surface area contributed by atoms with Crippen molar-refractivity contribution in [1.82, 2.24) is 10.0 Å². The molecule has 0 aliphatic rings. The Balaban J connectivity index is 0.00000484. The maximum absolute atomic E-state index is 12.2. The van der Waals surface area contributed by atoms with Gasteiger partial charge >= 0.3 is 0 Å². The van der Waals surface area contributed by atoms with E-state index in [1.165, 1.54) is 0 Å². The highest BCUT2D eigenvalue weighted by Gasteiger charge is 2.14. The van der Waals surface area contributed by atoms with E-state index < -0.39 is 10.0 Å². The summed E-state index contributed by atoms with van der Waals surface area (Å²) in [6, 6.07) is 6.64. The minimum absolute atomic E-state index is 0. The van der Waals surface area contributed by atoms with Gasteiger partial charge < -0.3 is 10.1 Å². The van der Waals surface area contributed by atoms with Crippen LogP contribution in [0, 0.1) is 5.92 Å². The van der Waals surface area contributed by atoms with E-state index in [-0.39, 0.29) is 23.3 Å². The first kappa shape index (κ1) is 22.2. The van der Waals surface area contributed by atoms with E-state index in [0.717, 1.165) is 13.0 Å². The van der Waals surface area contributed by atoms with Crippen LogP contribution in [0.5, 0.6) is 5.75 Å². The van der Waals surface area contributed by atoms with E-state index in [9.17, 15) is 8.42 Å². The van der Waals surface area contributed by atoms with Crippen LogP contribution in [-0.4, -0.2) is 34.2 Å². The molecule has 0 heterocycles. The van der Waals surface area contributed by atoms with Crippen molar-refractivity contribution in [3.05, 3.63) is 24.3 Å². The predicted octanol–water partition coefficient (Wildman–Crippen LogP) is 2.81. The molecule has 0 spiro atoms. The molecule has 5 nitrogen and oxygen atoms in total. The standard InChI is InChI=1S/C16H28N2O3S.ClH/c1-5-17-14(4)12-18-22(19,20)16-8-6-15(7-9-16)21-11-10-13(2)3;/h6-9,13-14,17-18H,5,10-12H2,1-4H3;1H/t14-;/m1./s1. The number of hydrogen-bond donors (Lipinski definition) is 2. The van der Waals surface area contributed by atoms with Crippen LogP contribution in [-0.2, 0) is 10.0 Å². The molecule has 0 aromatic heterocycles. The number of nitrogens with one attached hydrogen (secondary N) is 2. The molecule has 0 radical (unpaired) electrons. The SMILES string of the molecule is CCN[C@H](C)CNS(=O)(=O)c1ccc(OCCC(C)C)cc1.Cl. The molecule has 1 atom stereocenters. The lowest BCUT2D eigenvalue weighted by Crippen LogP contribution is -2.38. The molecule has 0 saturated carbocycles. The molecule has 2 N–H and O–H groups in total. The third-order valence-corrected chi connectivity index (χ3v) is 4.67. The molecule has 0 bridgehead atoms. The van der Waals surface area contributed by atoms with Crippen molar-refractivity contribution in [3.8, 4) is 5.75 Å². The van der Waals surface area contributed by atoms with Crippen molar-refractivity contribution in [2.45, 2.75) is 45.1 Å². The van der Waals surface area contributed by atoms with Gasteiger partial charge in [0.25, 0.3) is 0 Å². The first-order valence-corrected chi connectivity index (χ1v) is 9.29. The summed E-state index contributed by atoms with van der Waals surface area (Å²) in [7, 11) is -3.47. The molecular weight excluding hydrogens is 336 g/mol.